The molecule has 28 heavy (non-hydrogen) atoms. The summed E-state index contributed by atoms with van der Waals surface area (Å²) in [7, 11) is 15.6. The van der Waals surface area contributed by atoms with Crippen molar-refractivity contribution >= 4 is 47.5 Å². The number of hydrogen-bond acceptors (Lipinski definition) is 4. The van der Waals surface area contributed by atoms with Gasteiger partial charge in [-0.15, -0.1) is 0 Å². The molecule has 0 radical (unpaired) electrons. The molecule has 0 aliphatic carbocycles. The Hall–Kier alpha value is -0.560. The van der Waals surface area contributed by atoms with Crippen LogP contribution >= 0.6 is 13.1 Å². The highest BCUT2D eigenvalue weighted by Gasteiger charge is 2.28. The molecule has 2 aromatic rings. The van der Waals surface area contributed by atoms with Gasteiger partial charge < -0.3 is 9.05 Å². The highest BCUT2D eigenvalue weighted by atomic mass is 32.5. The Kier molecular flexibility index (Phi) is 7.68. The second kappa shape index (κ2) is 9.07. The van der Waals surface area contributed by atoms with Crippen molar-refractivity contribution in [2.24, 2.45) is 0 Å². The van der Waals surface area contributed by atoms with Gasteiger partial charge in [-0.05, 0) is 104 Å². The summed E-state index contributed by atoms with van der Waals surface area (Å²) in [6, 6.07) is 11.9. The van der Waals surface area contributed by atoms with Crippen molar-refractivity contribution < 1.29 is 9.05 Å². The fourth-order valence-electron chi connectivity index (χ4n) is 2.67. The van der Waals surface area contributed by atoms with Crippen molar-refractivity contribution in [2.45, 2.75) is 0 Å². The molecule has 0 saturated carbocycles. The monoisotopic (exact) mass is 460 g/mol. The number of rotatable bonds is 8. The van der Waals surface area contributed by atoms with Gasteiger partial charge in [0.15, 0.2) is 0 Å². The van der Waals surface area contributed by atoms with E-state index in [0.29, 0.717) is 0 Å². The van der Waals surface area contributed by atoms with E-state index in [9.17, 15) is 0 Å². The van der Waals surface area contributed by atoms with Crippen molar-refractivity contribution in [1.29, 1.82) is 0 Å². The van der Waals surface area contributed by atoms with Crippen LogP contribution in [-0.2, 0) is 23.6 Å². The molecule has 0 aliphatic heterocycles. The Morgan fingerprint density at radius 1 is 0.679 bits per heavy atom. The Morgan fingerprint density at radius 2 is 1.18 bits per heavy atom. The van der Waals surface area contributed by atoms with Crippen LogP contribution in [0.5, 0.6) is 11.5 Å². The van der Waals surface area contributed by atoms with Crippen LogP contribution in [0.4, 0.5) is 0 Å². The van der Waals surface area contributed by atoms with Gasteiger partial charge in [-0.1, -0.05) is 18.2 Å². The zero-order valence-corrected chi connectivity index (χ0v) is 21.2. The van der Waals surface area contributed by atoms with E-state index in [-0.39, 0.29) is 0 Å². The molecule has 0 unspecified atom stereocenters. The van der Waals surface area contributed by atoms with Crippen molar-refractivity contribution in [2.75, 3.05) is 56.4 Å². The predicted molar refractivity (Wildman–Crippen MR) is 129 cm³/mol. The molecule has 0 spiro atoms. The molecule has 0 aromatic heterocycles. The fourth-order valence-corrected chi connectivity index (χ4v) is 6.05. The molecule has 0 atom stereocenters. The lowest BCUT2D eigenvalue weighted by Gasteiger charge is -2.34. The standard InChI is InChI=1S/C18H30N4O2P2S2/c1-19(2)25(27,20(3)4)23-16-13-12-15-10-9-11-18(17(15)14-16)24-26(28,21(5)6)22(7)8/h9-14H,1-8H3. The van der Waals surface area contributed by atoms with Crippen molar-refractivity contribution in [1.82, 2.24) is 18.7 Å². The summed E-state index contributed by atoms with van der Waals surface area (Å²) in [5.74, 6) is 1.47. The molecular formula is C18H30N4O2P2S2. The third kappa shape index (κ3) is 4.77. The van der Waals surface area contributed by atoms with E-state index in [2.05, 4.69) is 6.07 Å². The molecule has 0 heterocycles. The van der Waals surface area contributed by atoms with Gasteiger partial charge in [-0.3, -0.25) is 0 Å². The second-order valence-corrected chi connectivity index (χ2v) is 15.6. The Bertz CT molecular complexity index is 911. The largest absolute Gasteiger partial charge is 0.441 e. The van der Waals surface area contributed by atoms with Crippen LogP contribution in [-0.4, -0.2) is 75.1 Å². The molecule has 2 aromatic carbocycles. The van der Waals surface area contributed by atoms with Gasteiger partial charge >= 0.3 is 0 Å². The summed E-state index contributed by atoms with van der Waals surface area (Å²) < 4.78 is 20.6. The Labute approximate surface area is 179 Å². The minimum Gasteiger partial charge on any atom is -0.441 e. The van der Waals surface area contributed by atoms with E-state index in [0.717, 1.165) is 22.3 Å². The Balaban J connectivity index is 2.52. The first-order valence-electron chi connectivity index (χ1n) is 8.75. The summed E-state index contributed by atoms with van der Waals surface area (Å²) in [5, 5.41) is 2.02. The van der Waals surface area contributed by atoms with E-state index in [4.69, 9.17) is 32.7 Å². The predicted octanol–water partition coefficient (Wildman–Crippen LogP) is 4.29. The molecular weight excluding hydrogens is 430 g/mol. The minimum atomic E-state index is -2.35. The lowest BCUT2D eigenvalue weighted by atomic mass is 10.1. The van der Waals surface area contributed by atoms with Crippen LogP contribution in [0, 0.1) is 0 Å². The summed E-state index contributed by atoms with van der Waals surface area (Å²) in [6.45, 7) is -4.67. The summed E-state index contributed by atoms with van der Waals surface area (Å²) in [6.07, 6.45) is 0. The highest BCUT2D eigenvalue weighted by Crippen LogP contribution is 2.53. The molecule has 6 nitrogen and oxygen atoms in total. The topological polar surface area (TPSA) is 31.4 Å². The van der Waals surface area contributed by atoms with E-state index in [1.165, 1.54) is 0 Å². The average Bonchev–Trinajstić information content (AvgIpc) is 2.61. The molecule has 0 aliphatic rings. The first kappa shape index (κ1) is 23.7. The third-order valence-corrected chi connectivity index (χ3v) is 13.6. The first-order chi connectivity index (χ1) is 12.9. The third-order valence-electron chi connectivity index (χ3n) is 4.28. The minimum absolute atomic E-state index is 0.720. The van der Waals surface area contributed by atoms with Crippen molar-refractivity contribution in [3.63, 3.8) is 0 Å². The number of fused-ring (bicyclic) bond motifs is 1. The molecule has 2 rings (SSSR count). The zero-order valence-electron chi connectivity index (χ0n) is 17.8. The molecule has 10 heteroatoms. The van der Waals surface area contributed by atoms with E-state index in [1.54, 1.807) is 0 Å². The van der Waals surface area contributed by atoms with Crippen molar-refractivity contribution in [3.05, 3.63) is 36.4 Å². The smallest absolute Gasteiger partial charge is 0.252 e. The van der Waals surface area contributed by atoms with Gasteiger partial charge in [-0.2, -0.15) is 0 Å². The summed E-state index contributed by atoms with van der Waals surface area (Å²) in [5.41, 5.74) is 0. The lowest BCUT2D eigenvalue weighted by molar-refractivity contribution is 0.448. The van der Waals surface area contributed by atoms with E-state index >= 15 is 0 Å². The Morgan fingerprint density at radius 3 is 1.68 bits per heavy atom. The van der Waals surface area contributed by atoms with Crippen LogP contribution in [0.25, 0.3) is 10.8 Å². The maximum atomic E-state index is 6.40. The quantitative estimate of drug-likeness (QED) is 0.540. The van der Waals surface area contributed by atoms with Crippen LogP contribution in [0.15, 0.2) is 36.4 Å². The molecule has 0 N–H and O–H groups in total. The van der Waals surface area contributed by atoms with Gasteiger partial charge in [0, 0.05) is 5.39 Å². The molecule has 0 amide bonds. The van der Waals surface area contributed by atoms with Gasteiger partial charge in [0.25, 0.3) is 13.1 Å². The van der Waals surface area contributed by atoms with Gasteiger partial charge in [0.1, 0.15) is 11.5 Å². The normalized spacial score (nSPS) is 13.1. The second-order valence-electron chi connectivity index (χ2n) is 7.19. The van der Waals surface area contributed by atoms with Gasteiger partial charge in [-0.25, -0.2) is 18.7 Å². The maximum absolute atomic E-state index is 6.40. The number of nitrogens with zero attached hydrogens (tertiary/aromatic N) is 4. The molecule has 0 bridgehead atoms. The summed E-state index contributed by atoms with van der Waals surface area (Å²) in [4.78, 5) is 0. The van der Waals surface area contributed by atoms with Crippen LogP contribution in [0.1, 0.15) is 0 Å². The highest BCUT2D eigenvalue weighted by molar-refractivity contribution is 8.10. The van der Waals surface area contributed by atoms with Gasteiger partial charge in [0.2, 0.25) is 0 Å². The first-order valence-corrected chi connectivity index (χ1v) is 14.0. The lowest BCUT2D eigenvalue weighted by Crippen LogP contribution is -2.24. The van der Waals surface area contributed by atoms with Crippen LogP contribution < -0.4 is 9.05 Å². The van der Waals surface area contributed by atoms with Crippen molar-refractivity contribution in [3.8, 4) is 11.5 Å². The zero-order chi connectivity index (χ0) is 21.3. The van der Waals surface area contributed by atoms with E-state index < -0.39 is 13.1 Å². The molecule has 0 fully saturated rings. The van der Waals surface area contributed by atoms with Crippen LogP contribution in [0.2, 0.25) is 0 Å². The fraction of sp³-hybridized carbons (Fsp3) is 0.444. The summed E-state index contributed by atoms with van der Waals surface area (Å²) >= 11 is 11.7. The molecule has 156 valence electrons. The van der Waals surface area contributed by atoms with E-state index in [1.807, 2.05) is 105 Å². The maximum Gasteiger partial charge on any atom is 0.252 e. The van der Waals surface area contributed by atoms with Crippen LogP contribution in [0.3, 0.4) is 0 Å². The SMILES string of the molecule is CN(C)P(=S)(Oc1ccc2cccc(OP(=S)(N(C)C)N(C)C)c2c1)N(C)C. The average molecular weight is 461 g/mol. The number of hydrogen-bond donors (Lipinski definition) is 0. The van der Waals surface area contributed by atoms with Gasteiger partial charge in [0.05, 0.1) is 0 Å². The number of benzene rings is 2. The molecule has 0 saturated heterocycles.